The van der Waals surface area contributed by atoms with Gasteiger partial charge in [0.05, 0.1) is 4.91 Å². The molecule has 0 unspecified atom stereocenters. The zero-order chi connectivity index (χ0) is 18.0. The molecule has 0 saturated carbocycles. The molecule has 25 heavy (non-hydrogen) atoms. The Labute approximate surface area is 158 Å². The first-order valence-electron chi connectivity index (χ1n) is 8.60. The summed E-state index contributed by atoms with van der Waals surface area (Å²) in [6.07, 6.45) is 5.21. The van der Waals surface area contributed by atoms with Crippen molar-refractivity contribution >= 4 is 46.2 Å². The van der Waals surface area contributed by atoms with E-state index in [1.54, 1.807) is 7.05 Å². The Kier molecular flexibility index (Phi) is 5.59. The minimum absolute atomic E-state index is 0.0750. The van der Waals surface area contributed by atoms with Crippen LogP contribution in [0.5, 0.6) is 0 Å². The van der Waals surface area contributed by atoms with Gasteiger partial charge in [-0.3, -0.25) is 14.5 Å². The zero-order valence-electron chi connectivity index (χ0n) is 14.5. The molecule has 0 bridgehead atoms. The summed E-state index contributed by atoms with van der Waals surface area (Å²) in [4.78, 5) is 28.7. The third kappa shape index (κ3) is 3.96. The molecule has 0 radical (unpaired) electrons. The molecule has 0 aliphatic carbocycles. The summed E-state index contributed by atoms with van der Waals surface area (Å²) in [5, 5.41) is 0. The molecule has 1 aromatic carbocycles. The van der Waals surface area contributed by atoms with Crippen molar-refractivity contribution < 1.29 is 9.59 Å². The maximum Gasteiger partial charge on any atom is 0.265 e. The van der Waals surface area contributed by atoms with Crippen LogP contribution in [0, 0.1) is 5.92 Å². The number of benzene rings is 1. The van der Waals surface area contributed by atoms with Crippen LogP contribution < -0.4 is 0 Å². The van der Waals surface area contributed by atoms with E-state index >= 15 is 0 Å². The van der Waals surface area contributed by atoms with Gasteiger partial charge in [0.25, 0.3) is 11.8 Å². The molecular formula is C19H22N2O2S2. The number of piperidine rings is 1. The van der Waals surface area contributed by atoms with Crippen molar-refractivity contribution in [2.45, 2.75) is 26.2 Å². The number of hydrogen-bond acceptors (Lipinski definition) is 4. The number of nitrogens with zero attached hydrogens (tertiary/aromatic N) is 2. The van der Waals surface area contributed by atoms with Crippen molar-refractivity contribution in [3.8, 4) is 0 Å². The number of carbonyl (C=O) groups is 2. The van der Waals surface area contributed by atoms with E-state index in [0.717, 1.165) is 37.4 Å². The van der Waals surface area contributed by atoms with Gasteiger partial charge in [0.15, 0.2) is 0 Å². The second kappa shape index (κ2) is 7.70. The second-order valence-electron chi connectivity index (χ2n) is 6.51. The molecule has 6 heteroatoms. The van der Waals surface area contributed by atoms with Gasteiger partial charge in [-0.05, 0) is 42.5 Å². The van der Waals surface area contributed by atoms with Crippen LogP contribution in [0.15, 0.2) is 29.2 Å². The largest absolute Gasteiger partial charge is 0.339 e. The van der Waals surface area contributed by atoms with Crippen LogP contribution in [0.2, 0.25) is 0 Å². The van der Waals surface area contributed by atoms with E-state index in [2.05, 4.69) is 6.92 Å². The van der Waals surface area contributed by atoms with Gasteiger partial charge in [0.2, 0.25) is 0 Å². The molecule has 2 amide bonds. The van der Waals surface area contributed by atoms with Crippen molar-refractivity contribution in [1.29, 1.82) is 0 Å². The molecule has 2 fully saturated rings. The number of rotatable bonds is 3. The van der Waals surface area contributed by atoms with Gasteiger partial charge in [-0.25, -0.2) is 0 Å². The molecular weight excluding hydrogens is 352 g/mol. The first-order valence-corrected chi connectivity index (χ1v) is 9.83. The number of carbonyl (C=O) groups excluding carboxylic acids is 2. The highest BCUT2D eigenvalue weighted by atomic mass is 32.2. The molecule has 2 aliphatic rings. The minimum atomic E-state index is -0.0750. The van der Waals surface area contributed by atoms with E-state index in [4.69, 9.17) is 12.2 Å². The fourth-order valence-electron chi connectivity index (χ4n) is 3.15. The Balaban J connectivity index is 1.67. The average Bonchev–Trinajstić information content (AvgIpc) is 2.88. The lowest BCUT2D eigenvalue weighted by Crippen LogP contribution is -2.38. The summed E-state index contributed by atoms with van der Waals surface area (Å²) in [7, 11) is 1.68. The quantitative estimate of drug-likeness (QED) is 0.596. The van der Waals surface area contributed by atoms with Gasteiger partial charge in [-0.1, -0.05) is 49.5 Å². The zero-order valence-corrected chi connectivity index (χ0v) is 16.2. The summed E-state index contributed by atoms with van der Waals surface area (Å²) in [6.45, 7) is 3.91. The first-order chi connectivity index (χ1) is 12.0. The van der Waals surface area contributed by atoms with Crippen LogP contribution in [-0.4, -0.2) is 46.1 Å². The monoisotopic (exact) mass is 374 g/mol. The van der Waals surface area contributed by atoms with E-state index in [1.165, 1.54) is 23.1 Å². The van der Waals surface area contributed by atoms with Gasteiger partial charge < -0.3 is 4.90 Å². The van der Waals surface area contributed by atoms with Crippen LogP contribution >= 0.6 is 24.0 Å². The maximum absolute atomic E-state index is 12.6. The van der Waals surface area contributed by atoms with E-state index < -0.39 is 0 Å². The number of likely N-dealkylation sites (tertiary alicyclic amines) is 1. The molecule has 3 rings (SSSR count). The van der Waals surface area contributed by atoms with Crippen LogP contribution in [-0.2, 0) is 4.79 Å². The van der Waals surface area contributed by atoms with Crippen molar-refractivity contribution in [1.82, 2.24) is 9.80 Å². The Hall–Kier alpha value is -1.66. The predicted molar refractivity (Wildman–Crippen MR) is 106 cm³/mol. The van der Waals surface area contributed by atoms with Gasteiger partial charge >= 0.3 is 0 Å². The van der Waals surface area contributed by atoms with Crippen molar-refractivity contribution in [3.05, 3.63) is 40.3 Å². The van der Waals surface area contributed by atoms with Crippen molar-refractivity contribution in [2.24, 2.45) is 5.92 Å². The third-order valence-corrected chi connectivity index (χ3v) is 6.41. The Bertz CT molecular complexity index is 719. The topological polar surface area (TPSA) is 40.6 Å². The number of likely N-dealkylation sites (N-methyl/N-ethyl adjacent to an activating group) is 1. The van der Waals surface area contributed by atoms with Gasteiger partial charge in [0, 0.05) is 25.7 Å². The molecule has 4 nitrogen and oxygen atoms in total. The first kappa shape index (κ1) is 18.1. The summed E-state index contributed by atoms with van der Waals surface area (Å²) in [5.74, 6) is 0.777. The lowest BCUT2D eigenvalue weighted by molar-refractivity contribution is -0.121. The molecule has 0 spiro atoms. The number of amides is 2. The number of thioether (sulfide) groups is 1. The highest BCUT2D eigenvalue weighted by Gasteiger charge is 2.28. The van der Waals surface area contributed by atoms with Gasteiger partial charge in [-0.15, -0.1) is 0 Å². The van der Waals surface area contributed by atoms with Crippen molar-refractivity contribution in [2.75, 3.05) is 20.1 Å². The summed E-state index contributed by atoms with van der Waals surface area (Å²) >= 11 is 6.44. The Morgan fingerprint density at radius 1 is 1.28 bits per heavy atom. The smallest absolute Gasteiger partial charge is 0.265 e. The Morgan fingerprint density at radius 3 is 2.44 bits per heavy atom. The van der Waals surface area contributed by atoms with E-state index in [-0.39, 0.29) is 11.8 Å². The summed E-state index contributed by atoms with van der Waals surface area (Å²) in [5.41, 5.74) is 1.60. The molecule has 132 valence electrons. The number of hydrogen-bond donors (Lipinski definition) is 0. The number of thiocarbonyl (C=S) groups is 1. The fourth-order valence-corrected chi connectivity index (χ4v) is 4.33. The van der Waals surface area contributed by atoms with E-state index in [0.29, 0.717) is 14.8 Å². The normalized spacial score (nSPS) is 20.6. The van der Waals surface area contributed by atoms with Gasteiger partial charge in [-0.2, -0.15) is 0 Å². The lowest BCUT2D eigenvalue weighted by atomic mass is 9.94. The van der Waals surface area contributed by atoms with Crippen LogP contribution in [0.25, 0.3) is 6.08 Å². The summed E-state index contributed by atoms with van der Waals surface area (Å²) in [6, 6.07) is 7.45. The molecule has 0 N–H and O–H groups in total. The SMILES string of the molecule is CCC1CCN(C(=O)c2ccc(/C=C3/SC(=S)N(C)C3=O)cc2)CC1. The predicted octanol–water partition coefficient (Wildman–Crippen LogP) is 3.78. The molecule has 0 atom stereocenters. The van der Waals surface area contributed by atoms with Gasteiger partial charge in [0.1, 0.15) is 4.32 Å². The third-order valence-electron chi connectivity index (χ3n) is 4.92. The molecule has 2 saturated heterocycles. The summed E-state index contributed by atoms with van der Waals surface area (Å²) < 4.78 is 0.568. The molecule has 1 aromatic rings. The molecule has 0 aromatic heterocycles. The van der Waals surface area contributed by atoms with E-state index in [1.807, 2.05) is 35.2 Å². The van der Waals surface area contributed by atoms with Crippen LogP contribution in [0.3, 0.4) is 0 Å². The fraction of sp³-hybridized carbons (Fsp3) is 0.421. The highest BCUT2D eigenvalue weighted by Crippen LogP contribution is 2.31. The molecule has 2 heterocycles. The standard InChI is InChI=1S/C19H22N2O2S2/c1-3-13-8-10-21(11-9-13)17(22)15-6-4-14(5-7-15)12-16-18(23)20(2)19(24)25-16/h4-7,12-13H,3,8-11H2,1-2H3/b16-12+. The Morgan fingerprint density at radius 2 is 1.92 bits per heavy atom. The highest BCUT2D eigenvalue weighted by molar-refractivity contribution is 8.26. The second-order valence-corrected chi connectivity index (χ2v) is 8.18. The van der Waals surface area contributed by atoms with Crippen molar-refractivity contribution in [3.63, 3.8) is 0 Å². The van der Waals surface area contributed by atoms with Crippen LogP contribution in [0.4, 0.5) is 0 Å². The lowest BCUT2D eigenvalue weighted by Gasteiger charge is -2.31. The van der Waals surface area contributed by atoms with Crippen LogP contribution in [0.1, 0.15) is 42.1 Å². The molecule has 2 aliphatic heterocycles. The maximum atomic E-state index is 12.6. The minimum Gasteiger partial charge on any atom is -0.339 e. The average molecular weight is 375 g/mol. The van der Waals surface area contributed by atoms with E-state index in [9.17, 15) is 9.59 Å².